The van der Waals surface area contributed by atoms with E-state index in [4.69, 9.17) is 5.84 Å². The molecule has 0 amide bonds. The van der Waals surface area contributed by atoms with Gasteiger partial charge in [-0.2, -0.15) is 0 Å². The van der Waals surface area contributed by atoms with Crippen molar-refractivity contribution in [3.63, 3.8) is 0 Å². The highest BCUT2D eigenvalue weighted by Crippen LogP contribution is 2.38. The summed E-state index contributed by atoms with van der Waals surface area (Å²) in [5, 5.41) is 9.71. The molecule has 2 nitrogen and oxygen atoms in total. The first-order valence-corrected chi connectivity index (χ1v) is 7.98. The number of hydrogen-bond donors (Lipinski definition) is 1. The SMILES string of the molecule is CCCCN(N)c1ccc2ccc3cccc4ccc1c2c34. The third-order valence-electron chi connectivity index (χ3n) is 4.57. The molecule has 0 unspecified atom stereocenters. The van der Waals surface area contributed by atoms with Crippen LogP contribution in [0.5, 0.6) is 0 Å². The van der Waals surface area contributed by atoms with Crippen LogP contribution in [0.1, 0.15) is 19.8 Å². The van der Waals surface area contributed by atoms with Gasteiger partial charge in [-0.3, -0.25) is 0 Å². The first-order chi connectivity index (χ1) is 10.8. The molecule has 110 valence electrons. The van der Waals surface area contributed by atoms with Gasteiger partial charge >= 0.3 is 0 Å². The van der Waals surface area contributed by atoms with Gasteiger partial charge in [0.1, 0.15) is 0 Å². The number of nitrogens with zero attached hydrogens (tertiary/aromatic N) is 1. The fourth-order valence-electron chi connectivity index (χ4n) is 3.42. The van der Waals surface area contributed by atoms with Crippen LogP contribution >= 0.6 is 0 Å². The molecule has 0 saturated heterocycles. The summed E-state index contributed by atoms with van der Waals surface area (Å²) in [6.07, 6.45) is 2.26. The first kappa shape index (κ1) is 13.4. The summed E-state index contributed by atoms with van der Waals surface area (Å²) in [6, 6.07) is 19.7. The van der Waals surface area contributed by atoms with Crippen LogP contribution in [-0.4, -0.2) is 6.54 Å². The summed E-state index contributed by atoms with van der Waals surface area (Å²) in [7, 11) is 0. The molecular weight excluding hydrogens is 268 g/mol. The van der Waals surface area contributed by atoms with Gasteiger partial charge in [-0.25, -0.2) is 5.84 Å². The van der Waals surface area contributed by atoms with Gasteiger partial charge in [0.2, 0.25) is 0 Å². The predicted molar refractivity (Wildman–Crippen MR) is 96.6 cm³/mol. The van der Waals surface area contributed by atoms with Gasteiger partial charge in [0, 0.05) is 11.9 Å². The average molecular weight is 288 g/mol. The van der Waals surface area contributed by atoms with E-state index >= 15 is 0 Å². The molecule has 4 rings (SSSR count). The fourth-order valence-corrected chi connectivity index (χ4v) is 3.42. The third-order valence-corrected chi connectivity index (χ3v) is 4.57. The topological polar surface area (TPSA) is 29.3 Å². The molecule has 0 spiro atoms. The van der Waals surface area contributed by atoms with Gasteiger partial charge in [0.15, 0.2) is 0 Å². The maximum atomic E-state index is 6.31. The lowest BCUT2D eigenvalue weighted by molar-refractivity contribution is 0.740. The molecule has 0 atom stereocenters. The number of rotatable bonds is 4. The number of hydrogen-bond acceptors (Lipinski definition) is 2. The Morgan fingerprint density at radius 2 is 1.45 bits per heavy atom. The summed E-state index contributed by atoms with van der Waals surface area (Å²) in [4.78, 5) is 0. The second kappa shape index (κ2) is 5.15. The Labute approximate surface area is 130 Å². The monoisotopic (exact) mass is 288 g/mol. The van der Waals surface area contributed by atoms with Crippen LogP contribution < -0.4 is 10.9 Å². The third kappa shape index (κ3) is 1.92. The zero-order valence-corrected chi connectivity index (χ0v) is 12.8. The Balaban J connectivity index is 2.04. The molecule has 0 radical (unpaired) electrons. The zero-order valence-electron chi connectivity index (χ0n) is 12.8. The molecule has 0 aliphatic heterocycles. The van der Waals surface area contributed by atoms with Gasteiger partial charge in [-0.05, 0) is 39.4 Å². The molecule has 2 heteroatoms. The summed E-state index contributed by atoms with van der Waals surface area (Å²) in [6.45, 7) is 3.08. The van der Waals surface area contributed by atoms with Crippen molar-refractivity contribution >= 4 is 38.0 Å². The van der Waals surface area contributed by atoms with Crippen molar-refractivity contribution in [2.75, 3.05) is 11.6 Å². The Kier molecular flexibility index (Phi) is 3.12. The molecule has 0 fully saturated rings. The highest BCUT2D eigenvalue weighted by molar-refractivity contribution is 6.25. The molecular formula is C20H20N2. The lowest BCUT2D eigenvalue weighted by atomic mass is 9.93. The Hall–Kier alpha value is -2.32. The minimum absolute atomic E-state index is 0.889. The number of unbranched alkanes of at least 4 members (excludes halogenated alkanes) is 1. The van der Waals surface area contributed by atoms with Crippen LogP contribution in [0.25, 0.3) is 32.3 Å². The maximum absolute atomic E-state index is 6.31. The Morgan fingerprint density at radius 3 is 2.18 bits per heavy atom. The highest BCUT2D eigenvalue weighted by atomic mass is 15.4. The largest absolute Gasteiger partial charge is 0.310 e. The summed E-state index contributed by atoms with van der Waals surface area (Å²) < 4.78 is 0. The second-order valence-electron chi connectivity index (χ2n) is 5.99. The van der Waals surface area contributed by atoms with Crippen molar-refractivity contribution in [2.24, 2.45) is 5.84 Å². The standard InChI is InChI=1S/C20H20N2/c1-2-3-13-22(21)18-12-10-16-8-7-14-5-4-6-15-9-11-17(18)20(16)19(14)15/h4-12H,2-3,13,21H2,1H3. The predicted octanol–water partition coefficient (Wildman–Crippen LogP) is 5.06. The van der Waals surface area contributed by atoms with Gasteiger partial charge in [0.05, 0.1) is 5.69 Å². The van der Waals surface area contributed by atoms with E-state index in [1.54, 1.807) is 0 Å². The van der Waals surface area contributed by atoms with Crippen molar-refractivity contribution in [3.8, 4) is 0 Å². The van der Waals surface area contributed by atoms with Gasteiger partial charge in [-0.1, -0.05) is 61.9 Å². The van der Waals surface area contributed by atoms with Crippen LogP contribution in [0.4, 0.5) is 5.69 Å². The molecule has 0 heterocycles. The summed E-state index contributed by atoms with van der Waals surface area (Å²) >= 11 is 0. The van der Waals surface area contributed by atoms with E-state index in [0.717, 1.165) is 25.1 Å². The Morgan fingerprint density at radius 1 is 0.818 bits per heavy atom. The van der Waals surface area contributed by atoms with E-state index in [0.29, 0.717) is 0 Å². The van der Waals surface area contributed by atoms with Crippen LogP contribution in [0.15, 0.2) is 54.6 Å². The van der Waals surface area contributed by atoms with Crippen LogP contribution in [0.2, 0.25) is 0 Å². The lowest BCUT2D eigenvalue weighted by Gasteiger charge is -2.22. The van der Waals surface area contributed by atoms with Gasteiger partial charge in [0.25, 0.3) is 0 Å². The minimum atomic E-state index is 0.889. The smallest absolute Gasteiger partial charge is 0.0596 e. The quantitative estimate of drug-likeness (QED) is 0.323. The molecule has 0 aliphatic carbocycles. The second-order valence-corrected chi connectivity index (χ2v) is 5.99. The molecule has 0 saturated carbocycles. The van der Waals surface area contributed by atoms with E-state index in [1.165, 1.54) is 32.3 Å². The molecule has 2 N–H and O–H groups in total. The van der Waals surface area contributed by atoms with E-state index in [9.17, 15) is 0 Å². The average Bonchev–Trinajstić information content (AvgIpc) is 2.57. The minimum Gasteiger partial charge on any atom is -0.310 e. The Bertz CT molecular complexity index is 926. The number of hydrazine groups is 1. The molecule has 4 aromatic rings. The highest BCUT2D eigenvalue weighted by Gasteiger charge is 2.12. The lowest BCUT2D eigenvalue weighted by Crippen LogP contribution is -2.31. The van der Waals surface area contributed by atoms with E-state index in [2.05, 4.69) is 61.5 Å². The van der Waals surface area contributed by atoms with Crippen molar-refractivity contribution < 1.29 is 0 Å². The van der Waals surface area contributed by atoms with Crippen LogP contribution in [-0.2, 0) is 0 Å². The number of anilines is 1. The van der Waals surface area contributed by atoms with Crippen molar-refractivity contribution in [2.45, 2.75) is 19.8 Å². The molecule has 0 bridgehead atoms. The van der Waals surface area contributed by atoms with E-state index < -0.39 is 0 Å². The maximum Gasteiger partial charge on any atom is 0.0596 e. The normalized spacial score (nSPS) is 11.7. The van der Waals surface area contributed by atoms with Gasteiger partial charge < -0.3 is 5.01 Å². The van der Waals surface area contributed by atoms with Crippen molar-refractivity contribution in [3.05, 3.63) is 54.6 Å². The van der Waals surface area contributed by atoms with Crippen molar-refractivity contribution in [1.29, 1.82) is 0 Å². The number of nitrogens with two attached hydrogens (primary N) is 1. The molecule has 4 aromatic carbocycles. The van der Waals surface area contributed by atoms with Crippen LogP contribution in [0.3, 0.4) is 0 Å². The fraction of sp³-hybridized carbons (Fsp3) is 0.200. The van der Waals surface area contributed by atoms with E-state index in [1.807, 2.05) is 5.01 Å². The zero-order chi connectivity index (χ0) is 15.1. The molecule has 0 aromatic heterocycles. The summed E-state index contributed by atoms with van der Waals surface area (Å²) in [5.74, 6) is 6.31. The number of benzene rings is 4. The van der Waals surface area contributed by atoms with E-state index in [-0.39, 0.29) is 0 Å². The van der Waals surface area contributed by atoms with Crippen molar-refractivity contribution in [1.82, 2.24) is 0 Å². The van der Waals surface area contributed by atoms with Gasteiger partial charge in [-0.15, -0.1) is 0 Å². The molecule has 0 aliphatic rings. The first-order valence-electron chi connectivity index (χ1n) is 7.98. The summed E-state index contributed by atoms with van der Waals surface area (Å²) in [5.41, 5.74) is 1.12. The van der Waals surface area contributed by atoms with Crippen LogP contribution in [0, 0.1) is 0 Å². The molecule has 22 heavy (non-hydrogen) atoms.